The number of aryl methyl sites for hydroxylation is 1. The van der Waals surface area contributed by atoms with Crippen LogP contribution in [0.5, 0.6) is 5.75 Å². The predicted molar refractivity (Wildman–Crippen MR) is 143 cm³/mol. The molecular formula is C30H26O5S. The molecule has 4 aromatic carbocycles. The lowest BCUT2D eigenvalue weighted by Gasteiger charge is -2.19. The van der Waals surface area contributed by atoms with Gasteiger partial charge in [0.1, 0.15) is 10.5 Å². The summed E-state index contributed by atoms with van der Waals surface area (Å²) in [4.78, 5) is 13.5. The molecule has 0 saturated heterocycles. The van der Waals surface area contributed by atoms with E-state index in [0.29, 0.717) is 11.1 Å². The highest BCUT2D eigenvalue weighted by atomic mass is 32.2. The number of benzene rings is 4. The summed E-state index contributed by atoms with van der Waals surface area (Å²) in [5.41, 5.74) is 2.23. The third-order valence-electron chi connectivity index (χ3n) is 6.22. The fourth-order valence-electron chi connectivity index (χ4n) is 4.16. The molecule has 0 unspecified atom stereocenters. The highest BCUT2D eigenvalue weighted by Crippen LogP contribution is 2.34. The number of rotatable bonds is 4. The Balaban J connectivity index is 1.69. The van der Waals surface area contributed by atoms with Gasteiger partial charge in [0, 0.05) is 5.56 Å². The zero-order valence-corrected chi connectivity index (χ0v) is 21.3. The molecule has 1 aromatic heterocycles. The standard InChI is InChI=1S/C30H26O5S/c1-19-9-16-26-25(17-19)27(31)29(28(34-26)21-10-13-23(14-11-21)30(2,3)4)35-36(32,33)24-15-12-20-7-5-6-8-22(20)18-24/h5-18H,1-4H3. The maximum atomic E-state index is 13.6. The average molecular weight is 499 g/mol. The molecule has 5 rings (SSSR count). The number of hydrogen-bond donors (Lipinski definition) is 0. The lowest BCUT2D eigenvalue weighted by atomic mass is 9.86. The molecule has 0 atom stereocenters. The second-order valence-electron chi connectivity index (χ2n) is 9.96. The molecule has 0 radical (unpaired) electrons. The Kier molecular flexibility index (Phi) is 5.72. The Labute approximate surface area is 210 Å². The van der Waals surface area contributed by atoms with Gasteiger partial charge in [0.2, 0.25) is 11.2 Å². The number of fused-ring (bicyclic) bond motifs is 2. The van der Waals surface area contributed by atoms with E-state index in [2.05, 4.69) is 20.8 Å². The second kappa shape index (κ2) is 8.64. The van der Waals surface area contributed by atoms with Crippen LogP contribution < -0.4 is 9.61 Å². The third kappa shape index (κ3) is 4.40. The van der Waals surface area contributed by atoms with E-state index >= 15 is 0 Å². The number of hydrogen-bond acceptors (Lipinski definition) is 5. The Morgan fingerprint density at radius 1 is 0.806 bits per heavy atom. The van der Waals surface area contributed by atoms with E-state index < -0.39 is 15.5 Å². The SMILES string of the molecule is Cc1ccc2oc(-c3ccc(C(C)(C)C)cc3)c(OS(=O)(=O)c3ccc4ccccc4c3)c(=O)c2c1. The van der Waals surface area contributed by atoms with Gasteiger partial charge < -0.3 is 8.60 Å². The van der Waals surface area contributed by atoms with Crippen molar-refractivity contribution in [2.45, 2.75) is 38.0 Å². The van der Waals surface area contributed by atoms with Gasteiger partial charge in [-0.2, -0.15) is 8.42 Å². The summed E-state index contributed by atoms with van der Waals surface area (Å²) < 4.78 is 38.4. The molecule has 0 aliphatic carbocycles. The Morgan fingerprint density at radius 2 is 1.50 bits per heavy atom. The maximum absolute atomic E-state index is 13.6. The van der Waals surface area contributed by atoms with Crippen LogP contribution in [-0.4, -0.2) is 8.42 Å². The molecule has 0 saturated carbocycles. The second-order valence-corrected chi connectivity index (χ2v) is 11.5. The first-order valence-electron chi connectivity index (χ1n) is 11.6. The van der Waals surface area contributed by atoms with Crippen LogP contribution >= 0.6 is 0 Å². The van der Waals surface area contributed by atoms with E-state index in [0.717, 1.165) is 21.9 Å². The van der Waals surface area contributed by atoms with Gasteiger partial charge in [-0.15, -0.1) is 0 Å². The fourth-order valence-corrected chi connectivity index (χ4v) is 5.13. The van der Waals surface area contributed by atoms with Gasteiger partial charge in [-0.3, -0.25) is 4.79 Å². The van der Waals surface area contributed by atoms with E-state index in [1.807, 2.05) is 61.5 Å². The van der Waals surface area contributed by atoms with Crippen LogP contribution in [0.3, 0.4) is 0 Å². The highest BCUT2D eigenvalue weighted by molar-refractivity contribution is 7.87. The Morgan fingerprint density at radius 3 is 2.19 bits per heavy atom. The minimum Gasteiger partial charge on any atom is -0.452 e. The first kappa shape index (κ1) is 23.8. The molecule has 1 heterocycles. The van der Waals surface area contributed by atoms with Crippen molar-refractivity contribution in [2.75, 3.05) is 0 Å². The molecule has 6 heteroatoms. The molecule has 0 spiro atoms. The Hall–Kier alpha value is -3.90. The highest BCUT2D eigenvalue weighted by Gasteiger charge is 2.26. The van der Waals surface area contributed by atoms with Crippen LogP contribution in [0.15, 0.2) is 99.0 Å². The molecular weight excluding hydrogens is 472 g/mol. The molecule has 0 aliphatic heterocycles. The van der Waals surface area contributed by atoms with E-state index in [9.17, 15) is 13.2 Å². The van der Waals surface area contributed by atoms with Crippen LogP contribution in [0.1, 0.15) is 31.9 Å². The van der Waals surface area contributed by atoms with Crippen molar-refractivity contribution in [2.24, 2.45) is 0 Å². The largest absolute Gasteiger partial charge is 0.452 e. The normalized spacial score (nSPS) is 12.2. The van der Waals surface area contributed by atoms with Crippen LogP contribution in [0.4, 0.5) is 0 Å². The van der Waals surface area contributed by atoms with Crippen molar-refractivity contribution in [3.05, 3.63) is 106 Å². The monoisotopic (exact) mass is 498 g/mol. The van der Waals surface area contributed by atoms with Crippen LogP contribution in [0.25, 0.3) is 33.1 Å². The zero-order valence-electron chi connectivity index (χ0n) is 20.5. The van der Waals surface area contributed by atoms with Gasteiger partial charge in [-0.25, -0.2) is 0 Å². The smallest absolute Gasteiger partial charge is 0.339 e. The van der Waals surface area contributed by atoms with Gasteiger partial charge in [0.05, 0.1) is 5.39 Å². The van der Waals surface area contributed by atoms with Gasteiger partial charge >= 0.3 is 10.1 Å². The minimum atomic E-state index is -4.33. The quantitative estimate of drug-likeness (QED) is 0.250. The van der Waals surface area contributed by atoms with E-state index in [1.165, 1.54) is 12.1 Å². The summed E-state index contributed by atoms with van der Waals surface area (Å²) in [6, 6.07) is 24.9. The molecule has 0 aliphatic rings. The van der Waals surface area contributed by atoms with Crippen LogP contribution in [0.2, 0.25) is 0 Å². The summed E-state index contributed by atoms with van der Waals surface area (Å²) in [5.74, 6) is -0.286. The molecule has 0 fully saturated rings. The molecule has 0 bridgehead atoms. The molecule has 0 N–H and O–H groups in total. The summed E-state index contributed by atoms with van der Waals surface area (Å²) in [5, 5.41) is 1.91. The lowest BCUT2D eigenvalue weighted by Crippen LogP contribution is -2.17. The fraction of sp³-hybridized carbons (Fsp3) is 0.167. The van der Waals surface area contributed by atoms with Gasteiger partial charge in [0.15, 0.2) is 5.76 Å². The topological polar surface area (TPSA) is 73.6 Å². The summed E-state index contributed by atoms with van der Waals surface area (Å²) in [6.07, 6.45) is 0. The van der Waals surface area contributed by atoms with Gasteiger partial charge in [-0.05, 0) is 52.9 Å². The first-order chi connectivity index (χ1) is 17.0. The van der Waals surface area contributed by atoms with E-state index in [-0.39, 0.29) is 27.2 Å². The first-order valence-corrected chi connectivity index (χ1v) is 13.1. The van der Waals surface area contributed by atoms with Gasteiger partial charge in [-0.1, -0.05) is 87.0 Å². The zero-order chi connectivity index (χ0) is 25.7. The predicted octanol–water partition coefficient (Wildman–Crippen LogP) is 6.99. The van der Waals surface area contributed by atoms with Crippen molar-refractivity contribution in [3.8, 4) is 17.1 Å². The van der Waals surface area contributed by atoms with Crippen LogP contribution in [-0.2, 0) is 15.5 Å². The molecule has 182 valence electrons. The van der Waals surface area contributed by atoms with Crippen molar-refractivity contribution < 1.29 is 17.0 Å². The summed E-state index contributed by atoms with van der Waals surface area (Å²) in [6.45, 7) is 8.16. The molecule has 0 amide bonds. The molecule has 5 nitrogen and oxygen atoms in total. The molecule has 36 heavy (non-hydrogen) atoms. The van der Waals surface area contributed by atoms with Crippen molar-refractivity contribution >= 4 is 31.9 Å². The minimum absolute atomic E-state index is 0.0426. The van der Waals surface area contributed by atoms with Crippen LogP contribution in [0, 0.1) is 6.92 Å². The van der Waals surface area contributed by atoms with E-state index in [4.69, 9.17) is 8.60 Å². The summed E-state index contributed by atoms with van der Waals surface area (Å²) in [7, 11) is -4.33. The molecule has 5 aromatic rings. The van der Waals surface area contributed by atoms with E-state index in [1.54, 1.807) is 18.2 Å². The maximum Gasteiger partial charge on any atom is 0.339 e. The third-order valence-corrected chi connectivity index (χ3v) is 7.44. The van der Waals surface area contributed by atoms with Crippen molar-refractivity contribution in [3.63, 3.8) is 0 Å². The lowest BCUT2D eigenvalue weighted by molar-refractivity contribution is 0.472. The average Bonchev–Trinajstić information content (AvgIpc) is 2.85. The van der Waals surface area contributed by atoms with Gasteiger partial charge in [0.25, 0.3) is 0 Å². The Bertz CT molecular complexity index is 1770. The van der Waals surface area contributed by atoms with Crippen molar-refractivity contribution in [1.82, 2.24) is 0 Å². The van der Waals surface area contributed by atoms with Crippen molar-refractivity contribution in [1.29, 1.82) is 0 Å². The summed E-state index contributed by atoms with van der Waals surface area (Å²) >= 11 is 0.